The number of likely N-dealkylation sites (tertiary alicyclic amines) is 1. The molecule has 1 unspecified atom stereocenters. The third-order valence-corrected chi connectivity index (χ3v) is 7.32. The molecule has 0 spiro atoms. The molecule has 0 aromatic heterocycles. The van der Waals surface area contributed by atoms with Crippen molar-refractivity contribution in [3.05, 3.63) is 132 Å². The second-order valence-electron chi connectivity index (χ2n) is 9.96. The van der Waals surface area contributed by atoms with Crippen molar-refractivity contribution in [1.82, 2.24) is 9.80 Å². The van der Waals surface area contributed by atoms with E-state index in [1.807, 2.05) is 0 Å². The Morgan fingerprint density at radius 2 is 1.14 bits per heavy atom. The van der Waals surface area contributed by atoms with Crippen LogP contribution in [-0.4, -0.2) is 49.6 Å². The molecule has 4 aromatic rings. The zero-order valence-electron chi connectivity index (χ0n) is 21.3. The maximum absolute atomic E-state index is 2.68. The summed E-state index contributed by atoms with van der Waals surface area (Å²) in [7, 11) is 2.28. The second kappa shape index (κ2) is 12.0. The fraction of sp³-hybridized carbons (Fsp3) is 0.273. The minimum Gasteiger partial charge on any atom is -0.340 e. The van der Waals surface area contributed by atoms with Crippen LogP contribution >= 0.6 is 0 Å². The maximum Gasteiger partial charge on any atom is 0.0601 e. The lowest BCUT2D eigenvalue weighted by molar-refractivity contribution is 0.243. The predicted octanol–water partition coefficient (Wildman–Crippen LogP) is 6.87. The zero-order valence-corrected chi connectivity index (χ0v) is 21.3. The molecule has 1 heterocycles. The molecule has 3 nitrogen and oxygen atoms in total. The van der Waals surface area contributed by atoms with E-state index < -0.39 is 0 Å². The second-order valence-corrected chi connectivity index (χ2v) is 9.96. The van der Waals surface area contributed by atoms with Gasteiger partial charge >= 0.3 is 0 Å². The molecule has 36 heavy (non-hydrogen) atoms. The summed E-state index contributed by atoms with van der Waals surface area (Å²) in [6.07, 6.45) is 1.25. The van der Waals surface area contributed by atoms with Gasteiger partial charge in [0.05, 0.1) is 6.04 Å². The number of rotatable bonds is 10. The van der Waals surface area contributed by atoms with Crippen molar-refractivity contribution >= 4 is 11.4 Å². The lowest BCUT2D eigenvalue weighted by atomic mass is 9.97. The standard InChI is InChI=1S/C33H37N3/c1-34(24-25-36(31-18-10-4-11-19-31)32-20-12-5-13-21-32)26-28-22-23-35(27-28)33(29-14-6-2-7-15-29)30-16-8-3-9-17-30/h2-21,28,33H,22-27H2,1H3. The van der Waals surface area contributed by atoms with Crippen molar-refractivity contribution in [3.63, 3.8) is 0 Å². The van der Waals surface area contributed by atoms with Crippen LogP contribution in [-0.2, 0) is 0 Å². The average molecular weight is 476 g/mol. The number of anilines is 2. The summed E-state index contributed by atoms with van der Waals surface area (Å²) in [5.41, 5.74) is 5.27. The lowest BCUT2D eigenvalue weighted by Gasteiger charge is -2.30. The molecule has 5 rings (SSSR count). The van der Waals surface area contributed by atoms with E-state index in [4.69, 9.17) is 0 Å². The van der Waals surface area contributed by atoms with E-state index in [-0.39, 0.29) is 0 Å². The molecule has 0 aliphatic carbocycles. The predicted molar refractivity (Wildman–Crippen MR) is 152 cm³/mol. The van der Waals surface area contributed by atoms with Gasteiger partial charge in [-0.2, -0.15) is 0 Å². The van der Waals surface area contributed by atoms with Gasteiger partial charge in [-0.05, 0) is 61.3 Å². The first-order valence-electron chi connectivity index (χ1n) is 13.2. The molecule has 1 atom stereocenters. The van der Waals surface area contributed by atoms with Gasteiger partial charge in [0.25, 0.3) is 0 Å². The van der Waals surface area contributed by atoms with E-state index in [1.54, 1.807) is 0 Å². The molecule has 0 bridgehead atoms. The van der Waals surface area contributed by atoms with E-state index in [0.29, 0.717) is 12.0 Å². The number of para-hydroxylation sites is 2. The first-order chi connectivity index (χ1) is 17.8. The molecular formula is C33H37N3. The number of benzene rings is 4. The molecule has 0 N–H and O–H groups in total. The van der Waals surface area contributed by atoms with Crippen LogP contribution < -0.4 is 4.90 Å². The Morgan fingerprint density at radius 3 is 1.64 bits per heavy atom. The van der Waals surface area contributed by atoms with E-state index >= 15 is 0 Å². The Bertz CT molecular complexity index is 1090. The van der Waals surface area contributed by atoms with Crippen LogP contribution in [0.2, 0.25) is 0 Å². The van der Waals surface area contributed by atoms with Gasteiger partial charge in [0.1, 0.15) is 0 Å². The normalized spacial score (nSPS) is 16.0. The summed E-state index contributed by atoms with van der Waals surface area (Å²) in [6.45, 7) is 5.41. The lowest BCUT2D eigenvalue weighted by Crippen LogP contribution is -2.35. The minimum absolute atomic E-state index is 0.328. The molecular weight excluding hydrogens is 438 g/mol. The van der Waals surface area contributed by atoms with Crippen molar-refractivity contribution in [3.8, 4) is 0 Å². The fourth-order valence-corrected chi connectivity index (χ4v) is 5.56. The molecule has 0 amide bonds. The Kier molecular flexibility index (Phi) is 8.12. The van der Waals surface area contributed by atoms with Gasteiger partial charge in [-0.1, -0.05) is 97.1 Å². The first-order valence-corrected chi connectivity index (χ1v) is 13.2. The van der Waals surface area contributed by atoms with Gasteiger partial charge in [-0.25, -0.2) is 0 Å². The molecule has 1 aliphatic rings. The van der Waals surface area contributed by atoms with Crippen LogP contribution in [0.15, 0.2) is 121 Å². The first kappa shape index (κ1) is 24.3. The van der Waals surface area contributed by atoms with Crippen molar-refractivity contribution in [2.45, 2.75) is 12.5 Å². The van der Waals surface area contributed by atoms with Crippen molar-refractivity contribution < 1.29 is 0 Å². The molecule has 4 aromatic carbocycles. The zero-order chi connectivity index (χ0) is 24.6. The average Bonchev–Trinajstić information content (AvgIpc) is 3.39. The minimum atomic E-state index is 0.328. The van der Waals surface area contributed by atoms with E-state index in [1.165, 1.54) is 28.9 Å². The summed E-state index contributed by atoms with van der Waals surface area (Å²) in [5.74, 6) is 0.687. The Morgan fingerprint density at radius 1 is 0.667 bits per heavy atom. The monoisotopic (exact) mass is 475 g/mol. The fourth-order valence-electron chi connectivity index (χ4n) is 5.56. The molecule has 0 radical (unpaired) electrons. The Balaban J connectivity index is 1.22. The molecule has 1 saturated heterocycles. The topological polar surface area (TPSA) is 9.72 Å². The summed E-state index contributed by atoms with van der Waals surface area (Å²) < 4.78 is 0. The van der Waals surface area contributed by atoms with Crippen LogP contribution in [0, 0.1) is 5.92 Å². The smallest absolute Gasteiger partial charge is 0.0601 e. The molecule has 1 aliphatic heterocycles. The van der Waals surface area contributed by atoms with E-state index in [0.717, 1.165) is 32.7 Å². The summed E-state index contributed by atoms with van der Waals surface area (Å²) >= 11 is 0. The highest BCUT2D eigenvalue weighted by Crippen LogP contribution is 2.33. The van der Waals surface area contributed by atoms with Crippen molar-refractivity contribution in [1.29, 1.82) is 0 Å². The summed E-state index contributed by atoms with van der Waals surface area (Å²) in [4.78, 5) is 7.63. The van der Waals surface area contributed by atoms with Gasteiger partial charge < -0.3 is 9.80 Å². The van der Waals surface area contributed by atoms with Gasteiger partial charge in [0.15, 0.2) is 0 Å². The Labute approximate surface area is 216 Å². The molecule has 3 heteroatoms. The van der Waals surface area contributed by atoms with Gasteiger partial charge in [-0.3, -0.25) is 4.90 Å². The van der Waals surface area contributed by atoms with Crippen LogP contribution in [0.25, 0.3) is 0 Å². The maximum atomic E-state index is 2.68. The van der Waals surface area contributed by atoms with Gasteiger partial charge in [0.2, 0.25) is 0 Å². The summed E-state index contributed by atoms with van der Waals surface area (Å²) in [5, 5.41) is 0. The number of likely N-dealkylation sites (N-methyl/N-ethyl adjacent to an activating group) is 1. The number of hydrogen-bond acceptors (Lipinski definition) is 3. The largest absolute Gasteiger partial charge is 0.340 e. The van der Waals surface area contributed by atoms with Crippen molar-refractivity contribution in [2.75, 3.05) is 44.7 Å². The van der Waals surface area contributed by atoms with E-state index in [2.05, 4.69) is 143 Å². The van der Waals surface area contributed by atoms with Crippen LogP contribution in [0.1, 0.15) is 23.6 Å². The van der Waals surface area contributed by atoms with Gasteiger partial charge in [0, 0.05) is 37.6 Å². The van der Waals surface area contributed by atoms with Gasteiger partial charge in [-0.15, -0.1) is 0 Å². The number of nitrogens with zero attached hydrogens (tertiary/aromatic N) is 3. The van der Waals surface area contributed by atoms with Crippen LogP contribution in [0.4, 0.5) is 11.4 Å². The third-order valence-electron chi connectivity index (χ3n) is 7.32. The summed E-state index contributed by atoms with van der Waals surface area (Å²) in [6, 6.07) is 43.8. The SMILES string of the molecule is CN(CCN(c1ccccc1)c1ccccc1)CC1CCN(C(c2ccccc2)c2ccccc2)C1. The number of hydrogen-bond donors (Lipinski definition) is 0. The molecule has 0 saturated carbocycles. The quantitative estimate of drug-likeness (QED) is 0.248. The van der Waals surface area contributed by atoms with E-state index in [9.17, 15) is 0 Å². The highest BCUT2D eigenvalue weighted by atomic mass is 15.2. The highest BCUT2D eigenvalue weighted by molar-refractivity contribution is 5.62. The molecule has 184 valence electrons. The van der Waals surface area contributed by atoms with Crippen molar-refractivity contribution in [2.24, 2.45) is 5.92 Å². The van der Waals surface area contributed by atoms with Crippen LogP contribution in [0.5, 0.6) is 0 Å². The highest BCUT2D eigenvalue weighted by Gasteiger charge is 2.30. The Hall–Kier alpha value is -3.40. The van der Waals surface area contributed by atoms with Crippen LogP contribution in [0.3, 0.4) is 0 Å². The molecule has 1 fully saturated rings. The third kappa shape index (κ3) is 6.04.